The number of carbonyl (C=O) groups is 2. The predicted octanol–water partition coefficient (Wildman–Crippen LogP) is 2.40. The quantitative estimate of drug-likeness (QED) is 0.836. The van der Waals surface area contributed by atoms with Crippen molar-refractivity contribution < 1.29 is 14.3 Å². The number of para-hydroxylation sites is 1. The molecule has 0 spiro atoms. The fraction of sp³-hybridized carbons (Fsp3) is 0.350. The Morgan fingerprint density at radius 3 is 2.50 bits per heavy atom. The van der Waals surface area contributed by atoms with Crippen LogP contribution in [0.5, 0.6) is 0 Å². The molecule has 0 unspecified atom stereocenters. The number of nitrogens with one attached hydrogen (secondary N) is 1. The van der Waals surface area contributed by atoms with Crippen LogP contribution in [0.1, 0.15) is 28.9 Å². The smallest absolute Gasteiger partial charge is 0.339 e. The number of esters is 1. The number of amides is 1. The minimum Gasteiger partial charge on any atom is -0.465 e. The standard InChI is InChI=1S/C20H23N3O3/c1-26-20(25)16-7-8-17(21-13-16)14-22-19(24)15-9-11-23(12-10-15)18-5-3-2-4-6-18/h2-8,13,15H,9-12,14H2,1H3,(H,22,24). The average Bonchev–Trinajstić information content (AvgIpc) is 2.72. The zero-order valence-corrected chi connectivity index (χ0v) is 14.9. The van der Waals surface area contributed by atoms with E-state index in [9.17, 15) is 9.59 Å². The lowest BCUT2D eigenvalue weighted by atomic mass is 9.95. The molecule has 1 aromatic heterocycles. The molecule has 1 aliphatic rings. The van der Waals surface area contributed by atoms with Crippen molar-refractivity contribution in [2.75, 3.05) is 25.1 Å². The van der Waals surface area contributed by atoms with Crippen molar-refractivity contribution in [3.05, 3.63) is 59.9 Å². The van der Waals surface area contributed by atoms with Gasteiger partial charge in [-0.05, 0) is 37.1 Å². The molecule has 1 saturated heterocycles. The van der Waals surface area contributed by atoms with Gasteiger partial charge in [0.1, 0.15) is 0 Å². The first-order chi connectivity index (χ1) is 12.7. The van der Waals surface area contributed by atoms with Crippen molar-refractivity contribution >= 4 is 17.6 Å². The summed E-state index contributed by atoms with van der Waals surface area (Å²) in [6.07, 6.45) is 3.15. The van der Waals surface area contributed by atoms with Gasteiger partial charge in [-0.15, -0.1) is 0 Å². The van der Waals surface area contributed by atoms with E-state index in [2.05, 4.69) is 32.1 Å². The minimum absolute atomic E-state index is 0.0318. The van der Waals surface area contributed by atoms with E-state index in [4.69, 9.17) is 0 Å². The van der Waals surface area contributed by atoms with Crippen molar-refractivity contribution in [1.29, 1.82) is 0 Å². The molecule has 0 saturated carbocycles. The number of benzene rings is 1. The van der Waals surface area contributed by atoms with Gasteiger partial charge in [0.2, 0.25) is 5.91 Å². The van der Waals surface area contributed by atoms with E-state index in [0.29, 0.717) is 17.8 Å². The lowest BCUT2D eigenvalue weighted by molar-refractivity contribution is -0.125. The highest BCUT2D eigenvalue weighted by Crippen LogP contribution is 2.23. The number of hydrogen-bond donors (Lipinski definition) is 1. The molecule has 0 atom stereocenters. The van der Waals surface area contributed by atoms with Crippen LogP contribution in [0.3, 0.4) is 0 Å². The van der Waals surface area contributed by atoms with Gasteiger partial charge >= 0.3 is 5.97 Å². The molecular weight excluding hydrogens is 330 g/mol. The molecule has 6 heteroatoms. The van der Waals surface area contributed by atoms with Crippen LogP contribution < -0.4 is 10.2 Å². The second-order valence-electron chi connectivity index (χ2n) is 6.34. The first-order valence-corrected chi connectivity index (χ1v) is 8.78. The van der Waals surface area contributed by atoms with Crippen molar-refractivity contribution in [3.8, 4) is 0 Å². The van der Waals surface area contributed by atoms with E-state index in [0.717, 1.165) is 25.9 Å². The molecule has 0 aliphatic carbocycles. The summed E-state index contributed by atoms with van der Waals surface area (Å²) in [7, 11) is 1.33. The summed E-state index contributed by atoms with van der Waals surface area (Å²) in [4.78, 5) is 30.3. The van der Waals surface area contributed by atoms with E-state index in [-0.39, 0.29) is 11.8 Å². The van der Waals surface area contributed by atoms with Crippen LogP contribution in [0.2, 0.25) is 0 Å². The maximum atomic E-state index is 12.4. The SMILES string of the molecule is COC(=O)c1ccc(CNC(=O)C2CCN(c3ccccc3)CC2)nc1. The number of pyridine rings is 1. The maximum absolute atomic E-state index is 12.4. The first kappa shape index (κ1) is 17.9. The Kier molecular flexibility index (Phi) is 5.84. The zero-order chi connectivity index (χ0) is 18.4. The first-order valence-electron chi connectivity index (χ1n) is 8.78. The van der Waals surface area contributed by atoms with Gasteiger partial charge in [-0.25, -0.2) is 4.79 Å². The summed E-state index contributed by atoms with van der Waals surface area (Å²) in [6, 6.07) is 13.7. The Morgan fingerprint density at radius 2 is 1.88 bits per heavy atom. The Morgan fingerprint density at radius 1 is 1.15 bits per heavy atom. The van der Waals surface area contributed by atoms with Crippen molar-refractivity contribution in [3.63, 3.8) is 0 Å². The topological polar surface area (TPSA) is 71.5 Å². The highest BCUT2D eigenvalue weighted by molar-refractivity contribution is 5.88. The maximum Gasteiger partial charge on any atom is 0.339 e. The molecule has 0 radical (unpaired) electrons. The molecule has 0 bridgehead atoms. The number of anilines is 1. The predicted molar refractivity (Wildman–Crippen MR) is 98.8 cm³/mol. The Labute approximate surface area is 153 Å². The second kappa shape index (κ2) is 8.47. The van der Waals surface area contributed by atoms with Gasteiger partial charge in [0.15, 0.2) is 0 Å². The van der Waals surface area contributed by atoms with E-state index in [1.54, 1.807) is 12.1 Å². The lowest BCUT2D eigenvalue weighted by Crippen LogP contribution is -2.40. The molecule has 1 N–H and O–H groups in total. The summed E-state index contributed by atoms with van der Waals surface area (Å²) in [5, 5.41) is 2.95. The fourth-order valence-electron chi connectivity index (χ4n) is 3.13. The summed E-state index contributed by atoms with van der Waals surface area (Å²) in [5.41, 5.74) is 2.32. The number of rotatable bonds is 5. The van der Waals surface area contributed by atoms with Crippen LogP contribution in [0, 0.1) is 5.92 Å². The van der Waals surface area contributed by atoms with Crippen LogP contribution in [0.4, 0.5) is 5.69 Å². The van der Waals surface area contributed by atoms with Crippen LogP contribution in [-0.4, -0.2) is 37.1 Å². The third kappa shape index (κ3) is 4.39. The Balaban J connectivity index is 1.46. The van der Waals surface area contributed by atoms with Gasteiger partial charge in [0.25, 0.3) is 0 Å². The lowest BCUT2D eigenvalue weighted by Gasteiger charge is -2.33. The molecule has 6 nitrogen and oxygen atoms in total. The van der Waals surface area contributed by atoms with Crippen molar-refractivity contribution in [1.82, 2.24) is 10.3 Å². The van der Waals surface area contributed by atoms with E-state index >= 15 is 0 Å². The number of nitrogens with zero attached hydrogens (tertiary/aromatic N) is 2. The fourth-order valence-corrected chi connectivity index (χ4v) is 3.13. The number of aromatic nitrogens is 1. The van der Waals surface area contributed by atoms with Gasteiger partial charge in [-0.3, -0.25) is 9.78 Å². The number of hydrogen-bond acceptors (Lipinski definition) is 5. The second-order valence-corrected chi connectivity index (χ2v) is 6.34. The summed E-state index contributed by atoms with van der Waals surface area (Å²) in [6.45, 7) is 2.13. The summed E-state index contributed by atoms with van der Waals surface area (Å²) in [5.74, 6) is -0.320. The molecule has 2 heterocycles. The zero-order valence-electron chi connectivity index (χ0n) is 14.9. The van der Waals surface area contributed by atoms with Gasteiger partial charge in [0.05, 0.1) is 24.9 Å². The molecule has 2 aromatic rings. The van der Waals surface area contributed by atoms with E-state index < -0.39 is 5.97 Å². The minimum atomic E-state index is -0.418. The highest BCUT2D eigenvalue weighted by atomic mass is 16.5. The van der Waals surface area contributed by atoms with Gasteiger partial charge in [0, 0.05) is 30.9 Å². The Bertz CT molecular complexity index is 739. The molecule has 3 rings (SSSR count). The van der Waals surface area contributed by atoms with Gasteiger partial charge < -0.3 is 15.0 Å². The summed E-state index contributed by atoms with van der Waals surface area (Å²) >= 11 is 0. The average molecular weight is 353 g/mol. The van der Waals surface area contributed by atoms with Crippen LogP contribution in [-0.2, 0) is 16.1 Å². The van der Waals surface area contributed by atoms with Crippen molar-refractivity contribution in [2.24, 2.45) is 5.92 Å². The third-order valence-electron chi connectivity index (χ3n) is 4.68. The largest absolute Gasteiger partial charge is 0.465 e. The number of methoxy groups -OCH3 is 1. The number of carbonyl (C=O) groups excluding carboxylic acids is 2. The van der Waals surface area contributed by atoms with E-state index in [1.165, 1.54) is 19.0 Å². The normalized spacial score (nSPS) is 14.7. The molecule has 1 aliphatic heterocycles. The van der Waals surface area contributed by atoms with Crippen LogP contribution >= 0.6 is 0 Å². The number of piperidine rings is 1. The van der Waals surface area contributed by atoms with Crippen LogP contribution in [0.15, 0.2) is 48.7 Å². The molecule has 136 valence electrons. The molecular formula is C20H23N3O3. The highest BCUT2D eigenvalue weighted by Gasteiger charge is 2.24. The number of ether oxygens (including phenoxy) is 1. The van der Waals surface area contributed by atoms with Crippen LogP contribution in [0.25, 0.3) is 0 Å². The molecule has 1 aromatic carbocycles. The van der Waals surface area contributed by atoms with E-state index in [1.807, 2.05) is 18.2 Å². The molecule has 26 heavy (non-hydrogen) atoms. The Hall–Kier alpha value is -2.89. The molecule has 1 fully saturated rings. The van der Waals surface area contributed by atoms with Gasteiger partial charge in [-0.2, -0.15) is 0 Å². The van der Waals surface area contributed by atoms with Gasteiger partial charge in [-0.1, -0.05) is 18.2 Å². The molecule has 1 amide bonds. The third-order valence-corrected chi connectivity index (χ3v) is 4.68. The monoisotopic (exact) mass is 353 g/mol. The van der Waals surface area contributed by atoms with Crippen molar-refractivity contribution in [2.45, 2.75) is 19.4 Å². The summed E-state index contributed by atoms with van der Waals surface area (Å²) < 4.78 is 4.64.